The third kappa shape index (κ3) is 3.68. The summed E-state index contributed by atoms with van der Waals surface area (Å²) in [5.41, 5.74) is 0.565. The van der Waals surface area contributed by atoms with Crippen LogP contribution in [0.1, 0.15) is 41.0 Å². The van der Waals surface area contributed by atoms with Gasteiger partial charge < -0.3 is 14.0 Å². The van der Waals surface area contributed by atoms with E-state index >= 15 is 0 Å². The normalized spacial score (nSPS) is 24.8. The highest BCUT2D eigenvalue weighted by atomic mass is 16.7. The first-order valence-electron chi connectivity index (χ1n) is 7.68. The summed E-state index contributed by atoms with van der Waals surface area (Å²) >= 11 is 0. The molecule has 2 heterocycles. The first kappa shape index (κ1) is 16.5. The minimum atomic E-state index is -0.305. The van der Waals surface area contributed by atoms with Gasteiger partial charge in [0.05, 0.1) is 24.4 Å². The molecular formula is C15H26BNO4. The van der Waals surface area contributed by atoms with Crippen LogP contribution < -0.4 is 0 Å². The van der Waals surface area contributed by atoms with Crippen molar-refractivity contribution in [3.8, 4) is 0 Å². The second-order valence-electron chi connectivity index (χ2n) is 6.66. The van der Waals surface area contributed by atoms with Gasteiger partial charge in [-0.15, -0.1) is 0 Å². The van der Waals surface area contributed by atoms with Crippen LogP contribution in [-0.4, -0.2) is 55.4 Å². The zero-order chi connectivity index (χ0) is 15.7. The Morgan fingerprint density at radius 3 is 2.43 bits per heavy atom. The highest BCUT2D eigenvalue weighted by Crippen LogP contribution is 2.39. The molecule has 118 valence electrons. The lowest BCUT2D eigenvalue weighted by Gasteiger charge is -2.32. The molecule has 0 aromatic carbocycles. The largest absolute Gasteiger partial charge is 0.490 e. The van der Waals surface area contributed by atoms with Crippen LogP contribution in [0.15, 0.2) is 11.5 Å². The summed E-state index contributed by atoms with van der Waals surface area (Å²) in [6, 6.07) is 0. The van der Waals surface area contributed by atoms with Crippen molar-refractivity contribution in [2.75, 3.05) is 26.2 Å². The molecule has 0 atom stereocenters. The Morgan fingerprint density at radius 1 is 1.33 bits per heavy atom. The maximum atomic E-state index is 11.5. The van der Waals surface area contributed by atoms with Crippen LogP contribution in [0.25, 0.3) is 0 Å². The molecule has 0 aromatic heterocycles. The van der Waals surface area contributed by atoms with Crippen molar-refractivity contribution in [3.05, 3.63) is 11.5 Å². The Morgan fingerprint density at radius 2 is 1.95 bits per heavy atom. The van der Waals surface area contributed by atoms with E-state index in [2.05, 4.69) is 38.7 Å². The fourth-order valence-corrected chi connectivity index (χ4v) is 2.47. The molecule has 21 heavy (non-hydrogen) atoms. The fourth-order valence-electron chi connectivity index (χ4n) is 2.47. The molecule has 0 N–H and O–H groups in total. The van der Waals surface area contributed by atoms with Crippen molar-refractivity contribution in [1.82, 2.24) is 4.90 Å². The first-order valence-corrected chi connectivity index (χ1v) is 7.68. The number of carbonyl (C=O) groups excluding carboxylic acids is 1. The van der Waals surface area contributed by atoms with E-state index in [0.717, 1.165) is 19.5 Å². The molecule has 0 bridgehead atoms. The highest BCUT2D eigenvalue weighted by molar-refractivity contribution is 6.54. The van der Waals surface area contributed by atoms with Gasteiger partial charge in [-0.2, -0.15) is 0 Å². The van der Waals surface area contributed by atoms with Crippen LogP contribution in [0.2, 0.25) is 0 Å². The molecule has 0 spiro atoms. The van der Waals surface area contributed by atoms with Crippen LogP contribution in [0, 0.1) is 0 Å². The van der Waals surface area contributed by atoms with Crippen LogP contribution in [-0.2, 0) is 18.8 Å². The molecule has 0 amide bonds. The standard InChI is InChI=1S/C15H26BNO4/c1-6-19-13(18)11-17-9-7-12(8-10-17)16-20-14(2,3)15(4,5)21-16/h7H,6,8-11H2,1-5H3. The average Bonchev–Trinajstić information content (AvgIpc) is 2.59. The molecule has 1 saturated heterocycles. The van der Waals surface area contributed by atoms with Crippen molar-refractivity contribution in [2.24, 2.45) is 0 Å². The number of nitrogens with zero attached hydrogens (tertiary/aromatic N) is 1. The maximum Gasteiger partial charge on any atom is 0.490 e. The fraction of sp³-hybridized carbons (Fsp3) is 0.800. The predicted molar refractivity (Wildman–Crippen MR) is 81.9 cm³/mol. The Hall–Kier alpha value is -0.845. The molecule has 0 unspecified atom stereocenters. The first-order chi connectivity index (χ1) is 9.75. The Bertz CT molecular complexity index is 417. The summed E-state index contributed by atoms with van der Waals surface area (Å²) in [7, 11) is -0.264. The highest BCUT2D eigenvalue weighted by Gasteiger charge is 2.52. The molecule has 5 nitrogen and oxygen atoms in total. The third-order valence-corrected chi connectivity index (χ3v) is 4.54. The Balaban J connectivity index is 1.91. The summed E-state index contributed by atoms with van der Waals surface area (Å²) in [4.78, 5) is 13.6. The van der Waals surface area contributed by atoms with E-state index in [0.29, 0.717) is 13.2 Å². The summed E-state index contributed by atoms with van der Waals surface area (Å²) in [5, 5.41) is 0. The SMILES string of the molecule is CCOC(=O)CN1CC=C(B2OC(C)(C)C(C)(C)O2)CC1. The monoisotopic (exact) mass is 295 g/mol. The number of rotatable bonds is 4. The minimum Gasteiger partial charge on any atom is -0.465 e. The van der Waals surface area contributed by atoms with Crippen molar-refractivity contribution >= 4 is 13.1 Å². The molecule has 0 radical (unpaired) electrons. The average molecular weight is 295 g/mol. The second-order valence-corrected chi connectivity index (χ2v) is 6.66. The van der Waals surface area contributed by atoms with Crippen molar-refractivity contribution in [3.63, 3.8) is 0 Å². The molecule has 0 saturated carbocycles. The summed E-state index contributed by atoms with van der Waals surface area (Å²) < 4.78 is 17.1. The molecule has 0 aliphatic carbocycles. The third-order valence-electron chi connectivity index (χ3n) is 4.54. The number of hydrogen-bond donors (Lipinski definition) is 0. The maximum absolute atomic E-state index is 11.5. The quantitative estimate of drug-likeness (QED) is 0.585. The molecule has 6 heteroatoms. The van der Waals surface area contributed by atoms with E-state index in [4.69, 9.17) is 14.0 Å². The molecule has 1 fully saturated rings. The van der Waals surface area contributed by atoms with Gasteiger partial charge in [-0.1, -0.05) is 6.08 Å². The molecule has 2 rings (SSSR count). The van der Waals surface area contributed by atoms with Gasteiger partial charge in [0.25, 0.3) is 0 Å². The van der Waals surface area contributed by atoms with Gasteiger partial charge in [0.15, 0.2) is 0 Å². The smallest absolute Gasteiger partial charge is 0.465 e. The minimum absolute atomic E-state index is 0.162. The molecule has 0 aromatic rings. The zero-order valence-corrected chi connectivity index (χ0v) is 13.8. The Kier molecular flexibility index (Phi) is 4.80. The predicted octanol–water partition coefficient (Wildman–Crippen LogP) is 1.81. The number of hydrogen-bond acceptors (Lipinski definition) is 5. The Labute approximate surface area is 127 Å². The van der Waals surface area contributed by atoms with Gasteiger partial charge in [-0.05, 0) is 46.5 Å². The lowest BCUT2D eigenvalue weighted by atomic mass is 9.75. The van der Waals surface area contributed by atoms with Gasteiger partial charge in [0.2, 0.25) is 0 Å². The van der Waals surface area contributed by atoms with E-state index in [1.165, 1.54) is 5.47 Å². The van der Waals surface area contributed by atoms with Crippen molar-refractivity contribution in [2.45, 2.75) is 52.2 Å². The number of esters is 1. The van der Waals surface area contributed by atoms with Crippen LogP contribution in [0.5, 0.6) is 0 Å². The van der Waals surface area contributed by atoms with Crippen LogP contribution in [0.4, 0.5) is 0 Å². The lowest BCUT2D eigenvalue weighted by molar-refractivity contribution is -0.144. The van der Waals surface area contributed by atoms with E-state index in [-0.39, 0.29) is 24.3 Å². The molecule has 2 aliphatic heterocycles. The zero-order valence-electron chi connectivity index (χ0n) is 13.8. The number of ether oxygens (including phenoxy) is 1. The van der Waals surface area contributed by atoms with Crippen molar-refractivity contribution < 1.29 is 18.8 Å². The van der Waals surface area contributed by atoms with Gasteiger partial charge in [0.1, 0.15) is 0 Å². The van der Waals surface area contributed by atoms with E-state index in [9.17, 15) is 4.79 Å². The topological polar surface area (TPSA) is 48.0 Å². The van der Waals surface area contributed by atoms with Gasteiger partial charge in [-0.3, -0.25) is 9.69 Å². The summed E-state index contributed by atoms with van der Waals surface area (Å²) in [6.45, 7) is 12.4. The second kappa shape index (κ2) is 6.11. The van der Waals surface area contributed by atoms with E-state index < -0.39 is 0 Å². The van der Waals surface area contributed by atoms with Gasteiger partial charge in [0, 0.05) is 13.1 Å². The molecular weight excluding hydrogens is 269 g/mol. The van der Waals surface area contributed by atoms with Crippen molar-refractivity contribution in [1.29, 1.82) is 0 Å². The lowest BCUT2D eigenvalue weighted by Crippen LogP contribution is -2.41. The molecule has 2 aliphatic rings. The van der Waals surface area contributed by atoms with E-state index in [1.54, 1.807) is 0 Å². The van der Waals surface area contributed by atoms with E-state index in [1.807, 2.05) is 6.92 Å². The van der Waals surface area contributed by atoms with Crippen LogP contribution >= 0.6 is 0 Å². The van der Waals surface area contributed by atoms with Gasteiger partial charge >= 0.3 is 13.1 Å². The van der Waals surface area contributed by atoms with Crippen LogP contribution in [0.3, 0.4) is 0 Å². The summed E-state index contributed by atoms with van der Waals surface area (Å²) in [5.74, 6) is -0.162. The number of carbonyl (C=O) groups is 1. The van der Waals surface area contributed by atoms with Gasteiger partial charge in [-0.25, -0.2) is 0 Å². The summed E-state index contributed by atoms with van der Waals surface area (Å²) in [6.07, 6.45) is 2.97.